The van der Waals surface area contributed by atoms with Crippen molar-refractivity contribution in [1.29, 1.82) is 0 Å². The molecule has 0 spiro atoms. The first-order valence-corrected chi connectivity index (χ1v) is 11.0. The van der Waals surface area contributed by atoms with Crippen molar-refractivity contribution in [1.82, 2.24) is 14.8 Å². The lowest BCUT2D eigenvalue weighted by Crippen LogP contribution is -2.31. The normalized spacial score (nSPS) is 11.6. The lowest BCUT2D eigenvalue weighted by atomic mass is 10.3. The van der Waals surface area contributed by atoms with Crippen LogP contribution in [0.2, 0.25) is 0 Å². The highest BCUT2D eigenvalue weighted by atomic mass is 127. The van der Waals surface area contributed by atoms with Gasteiger partial charge in [-0.3, -0.25) is 9.78 Å². The minimum Gasteiger partial charge on any atom is -0.309 e. The van der Waals surface area contributed by atoms with Crippen LogP contribution in [-0.4, -0.2) is 44.9 Å². The summed E-state index contributed by atoms with van der Waals surface area (Å²) < 4.78 is 38.8. The Kier molecular flexibility index (Phi) is 8.39. The molecule has 2 aromatic heterocycles. The summed E-state index contributed by atoms with van der Waals surface area (Å²) in [4.78, 5) is 18.3. The van der Waals surface area contributed by atoms with Gasteiger partial charge in [0, 0.05) is 35.1 Å². The summed E-state index contributed by atoms with van der Waals surface area (Å²) >= 11 is 3.34. The lowest BCUT2D eigenvalue weighted by molar-refractivity contribution is -0.129. The van der Waals surface area contributed by atoms with E-state index in [9.17, 15) is 18.0 Å². The molecule has 27 heavy (non-hydrogen) atoms. The maximum Gasteiger partial charge on any atom is 0.389 e. The molecule has 2 heterocycles. The van der Waals surface area contributed by atoms with E-state index in [0.717, 1.165) is 28.8 Å². The van der Waals surface area contributed by atoms with Crippen LogP contribution < -0.4 is 4.90 Å². The molecule has 0 saturated carbocycles. The van der Waals surface area contributed by atoms with E-state index in [1.807, 2.05) is 13.0 Å². The molecule has 0 aliphatic carbocycles. The van der Waals surface area contributed by atoms with E-state index in [4.69, 9.17) is 0 Å². The SMILES string of the molecule is CCN(C(=O)CCSCCC(F)(F)F)c1cn(-c2cccnc2)nc1CI. The summed E-state index contributed by atoms with van der Waals surface area (Å²) in [5.74, 6) is 0.219. The first-order chi connectivity index (χ1) is 12.9. The van der Waals surface area contributed by atoms with E-state index in [0.29, 0.717) is 16.7 Å². The van der Waals surface area contributed by atoms with Gasteiger partial charge >= 0.3 is 6.18 Å². The van der Waals surface area contributed by atoms with Gasteiger partial charge in [-0.05, 0) is 19.1 Å². The highest BCUT2D eigenvalue weighted by Crippen LogP contribution is 2.25. The first-order valence-electron chi connectivity index (χ1n) is 8.35. The van der Waals surface area contributed by atoms with Gasteiger partial charge in [0.05, 0.1) is 35.9 Å². The van der Waals surface area contributed by atoms with E-state index < -0.39 is 12.6 Å². The van der Waals surface area contributed by atoms with Gasteiger partial charge in [-0.1, -0.05) is 22.6 Å². The number of carbonyl (C=O) groups excluding carboxylic acids is 1. The van der Waals surface area contributed by atoms with Crippen LogP contribution in [0.25, 0.3) is 5.69 Å². The van der Waals surface area contributed by atoms with Crippen molar-refractivity contribution in [2.24, 2.45) is 0 Å². The molecule has 0 aliphatic rings. The maximum atomic E-state index is 12.6. The molecule has 148 valence electrons. The Morgan fingerprint density at radius 1 is 1.37 bits per heavy atom. The second kappa shape index (κ2) is 10.3. The Hall–Kier alpha value is -1.30. The summed E-state index contributed by atoms with van der Waals surface area (Å²) in [5.41, 5.74) is 2.29. The van der Waals surface area contributed by atoms with Gasteiger partial charge in [-0.15, -0.1) is 0 Å². The predicted molar refractivity (Wildman–Crippen MR) is 110 cm³/mol. The average molecular weight is 512 g/mol. The number of alkyl halides is 4. The largest absolute Gasteiger partial charge is 0.389 e. The van der Waals surface area contributed by atoms with Crippen LogP contribution in [0.3, 0.4) is 0 Å². The van der Waals surface area contributed by atoms with Gasteiger partial charge < -0.3 is 4.90 Å². The second-order valence-corrected chi connectivity index (χ2v) is 7.60. The minimum atomic E-state index is -4.15. The molecule has 0 saturated heterocycles. The van der Waals surface area contributed by atoms with E-state index in [1.165, 1.54) is 0 Å². The summed E-state index contributed by atoms with van der Waals surface area (Å²) in [6.45, 7) is 2.33. The third-order valence-electron chi connectivity index (χ3n) is 3.70. The van der Waals surface area contributed by atoms with Crippen molar-refractivity contribution >= 4 is 45.9 Å². The van der Waals surface area contributed by atoms with Crippen LogP contribution in [0.1, 0.15) is 25.5 Å². The Balaban J connectivity index is 2.03. The fourth-order valence-corrected chi connectivity index (χ4v) is 3.85. The Morgan fingerprint density at radius 3 is 2.74 bits per heavy atom. The minimum absolute atomic E-state index is 0.0269. The molecular weight excluding hydrogens is 492 g/mol. The number of halogens is 4. The smallest absolute Gasteiger partial charge is 0.309 e. The van der Waals surface area contributed by atoms with E-state index in [2.05, 4.69) is 32.7 Å². The molecule has 1 amide bonds. The molecule has 0 unspecified atom stereocenters. The maximum absolute atomic E-state index is 12.6. The van der Waals surface area contributed by atoms with Crippen LogP contribution in [0.4, 0.5) is 18.9 Å². The van der Waals surface area contributed by atoms with Crippen LogP contribution in [0.15, 0.2) is 30.7 Å². The van der Waals surface area contributed by atoms with Crippen LogP contribution >= 0.6 is 34.4 Å². The standard InChI is InChI=1S/C17H20F3IN4OS/c1-2-24(16(26)5-8-27-9-6-17(18,19)20)15-12-25(23-14(15)10-21)13-4-3-7-22-11-13/h3-4,7,11-12H,2,5-6,8-10H2,1H3. The molecule has 0 N–H and O–H groups in total. The zero-order chi connectivity index (χ0) is 19.9. The summed E-state index contributed by atoms with van der Waals surface area (Å²) in [6.07, 6.45) is 0.357. The fourth-order valence-electron chi connectivity index (χ4n) is 2.41. The summed E-state index contributed by atoms with van der Waals surface area (Å²) in [7, 11) is 0. The topological polar surface area (TPSA) is 51.0 Å². The van der Waals surface area contributed by atoms with Crippen molar-refractivity contribution < 1.29 is 18.0 Å². The number of carbonyl (C=O) groups is 1. The number of hydrogen-bond donors (Lipinski definition) is 0. The number of thioether (sulfide) groups is 1. The Bertz CT molecular complexity index is 740. The quantitative estimate of drug-likeness (QED) is 0.280. The van der Waals surface area contributed by atoms with Gasteiger partial charge in [-0.25, -0.2) is 4.68 Å². The number of nitrogens with zero attached hydrogens (tertiary/aromatic N) is 4. The van der Waals surface area contributed by atoms with Crippen molar-refractivity contribution in [2.75, 3.05) is 23.0 Å². The zero-order valence-corrected chi connectivity index (χ0v) is 17.7. The molecule has 10 heteroatoms. The van der Waals surface area contributed by atoms with Gasteiger partial charge in [0.15, 0.2) is 0 Å². The molecule has 5 nitrogen and oxygen atoms in total. The van der Waals surface area contributed by atoms with Gasteiger partial charge in [0.25, 0.3) is 0 Å². The van der Waals surface area contributed by atoms with E-state index >= 15 is 0 Å². The van der Waals surface area contributed by atoms with Crippen LogP contribution in [-0.2, 0) is 9.22 Å². The third kappa shape index (κ3) is 6.66. The predicted octanol–water partition coefficient (Wildman–Crippen LogP) is 4.63. The third-order valence-corrected chi connectivity index (χ3v) is 5.41. The van der Waals surface area contributed by atoms with Crippen LogP contribution in [0, 0.1) is 0 Å². The number of aromatic nitrogens is 3. The zero-order valence-electron chi connectivity index (χ0n) is 14.7. The van der Waals surface area contributed by atoms with Gasteiger partial charge in [0.1, 0.15) is 0 Å². The van der Waals surface area contributed by atoms with Gasteiger partial charge in [0.2, 0.25) is 5.91 Å². The molecule has 0 aromatic carbocycles. The molecule has 0 atom stereocenters. The van der Waals surface area contributed by atoms with Gasteiger partial charge in [-0.2, -0.15) is 30.0 Å². The molecule has 0 fully saturated rings. The molecule has 2 aromatic rings. The highest BCUT2D eigenvalue weighted by Gasteiger charge is 2.26. The van der Waals surface area contributed by atoms with E-state index in [1.54, 1.807) is 34.2 Å². The number of anilines is 1. The summed E-state index contributed by atoms with van der Waals surface area (Å²) in [5, 5.41) is 4.53. The van der Waals surface area contributed by atoms with Crippen molar-refractivity contribution in [3.63, 3.8) is 0 Å². The van der Waals surface area contributed by atoms with Crippen molar-refractivity contribution in [3.8, 4) is 5.69 Å². The number of pyridine rings is 1. The molecule has 2 rings (SSSR count). The molecule has 0 radical (unpaired) electrons. The number of hydrogen-bond acceptors (Lipinski definition) is 4. The Morgan fingerprint density at radius 2 is 2.15 bits per heavy atom. The highest BCUT2D eigenvalue weighted by molar-refractivity contribution is 14.1. The lowest BCUT2D eigenvalue weighted by Gasteiger charge is -2.20. The van der Waals surface area contributed by atoms with Crippen molar-refractivity contribution in [2.45, 2.75) is 30.4 Å². The van der Waals surface area contributed by atoms with E-state index in [-0.39, 0.29) is 18.1 Å². The molecular formula is C17H20F3IN4OS. The van der Waals surface area contributed by atoms with Crippen LogP contribution in [0.5, 0.6) is 0 Å². The second-order valence-electron chi connectivity index (χ2n) is 5.62. The molecule has 0 bridgehead atoms. The Labute approximate surface area is 173 Å². The molecule has 0 aliphatic heterocycles. The first kappa shape index (κ1) is 22.0. The number of rotatable bonds is 9. The number of amides is 1. The average Bonchev–Trinajstić information content (AvgIpc) is 3.06. The fraction of sp³-hybridized carbons (Fsp3) is 0.471. The van der Waals surface area contributed by atoms with Crippen molar-refractivity contribution in [3.05, 3.63) is 36.4 Å². The monoisotopic (exact) mass is 512 g/mol. The summed E-state index contributed by atoms with van der Waals surface area (Å²) in [6, 6.07) is 3.68.